The molecule has 31 heavy (non-hydrogen) atoms. The van der Waals surface area contributed by atoms with Gasteiger partial charge >= 0.3 is 0 Å². The summed E-state index contributed by atoms with van der Waals surface area (Å²) < 4.78 is 11.8. The van der Waals surface area contributed by atoms with Crippen LogP contribution < -0.4 is 15.4 Å². The van der Waals surface area contributed by atoms with Crippen LogP contribution in [0.4, 0.5) is 0 Å². The number of aliphatic imine (C=N–C) groups is 1. The zero-order valence-electron chi connectivity index (χ0n) is 19.5. The minimum atomic E-state index is 0. The quantitative estimate of drug-likeness (QED) is 0.266. The SMILES string of the molecule is CCCN1CCC(CNC(=NCc2ccc(C)cc2OCC2CCCO2)NCC)C1.I. The molecule has 2 aliphatic rings. The van der Waals surface area contributed by atoms with Crippen molar-refractivity contribution in [3.8, 4) is 5.75 Å². The van der Waals surface area contributed by atoms with Crippen molar-refractivity contribution in [2.75, 3.05) is 45.9 Å². The number of likely N-dealkylation sites (tertiary alicyclic amines) is 1. The summed E-state index contributed by atoms with van der Waals surface area (Å²) in [4.78, 5) is 7.41. The lowest BCUT2D eigenvalue weighted by Crippen LogP contribution is -2.40. The Bertz CT molecular complexity index is 680. The fraction of sp³-hybridized carbons (Fsp3) is 0.708. The maximum absolute atomic E-state index is 6.13. The number of rotatable bonds is 10. The maximum Gasteiger partial charge on any atom is 0.191 e. The summed E-state index contributed by atoms with van der Waals surface area (Å²) in [5.41, 5.74) is 2.32. The predicted octanol–water partition coefficient (Wildman–Crippen LogP) is 3.96. The molecule has 0 spiro atoms. The Kier molecular flexibility index (Phi) is 12.0. The summed E-state index contributed by atoms with van der Waals surface area (Å²) in [5.74, 6) is 2.51. The lowest BCUT2D eigenvalue weighted by atomic mass is 10.1. The smallest absolute Gasteiger partial charge is 0.191 e. The molecule has 0 bridgehead atoms. The van der Waals surface area contributed by atoms with Gasteiger partial charge in [-0.15, -0.1) is 24.0 Å². The second kappa shape index (κ2) is 14.2. The van der Waals surface area contributed by atoms with Crippen molar-refractivity contribution in [3.05, 3.63) is 29.3 Å². The third-order valence-electron chi connectivity index (χ3n) is 5.89. The predicted molar refractivity (Wildman–Crippen MR) is 139 cm³/mol. The van der Waals surface area contributed by atoms with E-state index in [0.29, 0.717) is 19.1 Å². The number of aryl methyl sites for hydroxylation is 1. The van der Waals surface area contributed by atoms with E-state index in [1.165, 1.54) is 38.0 Å². The van der Waals surface area contributed by atoms with E-state index < -0.39 is 0 Å². The van der Waals surface area contributed by atoms with Gasteiger partial charge in [0.05, 0.1) is 12.6 Å². The molecule has 0 radical (unpaired) electrons. The summed E-state index contributed by atoms with van der Waals surface area (Å²) in [6.07, 6.45) is 4.95. The molecule has 0 saturated carbocycles. The van der Waals surface area contributed by atoms with Crippen LogP contribution in [-0.4, -0.2) is 62.9 Å². The van der Waals surface area contributed by atoms with Gasteiger partial charge in [-0.05, 0) is 70.2 Å². The molecular weight excluding hydrogens is 503 g/mol. The molecule has 2 fully saturated rings. The molecule has 3 rings (SSSR count). The van der Waals surface area contributed by atoms with E-state index in [4.69, 9.17) is 14.5 Å². The number of hydrogen-bond acceptors (Lipinski definition) is 4. The van der Waals surface area contributed by atoms with Crippen molar-refractivity contribution in [2.24, 2.45) is 10.9 Å². The number of benzene rings is 1. The number of ether oxygens (including phenoxy) is 2. The molecule has 7 heteroatoms. The molecule has 2 aliphatic heterocycles. The first-order valence-corrected chi connectivity index (χ1v) is 11.8. The molecule has 2 saturated heterocycles. The van der Waals surface area contributed by atoms with E-state index in [1.54, 1.807) is 0 Å². The number of guanidine groups is 1. The lowest BCUT2D eigenvalue weighted by molar-refractivity contribution is 0.0676. The monoisotopic (exact) mass is 544 g/mol. The van der Waals surface area contributed by atoms with Crippen molar-refractivity contribution in [3.63, 3.8) is 0 Å². The second-order valence-electron chi connectivity index (χ2n) is 8.59. The highest BCUT2D eigenvalue weighted by molar-refractivity contribution is 14.0. The van der Waals surface area contributed by atoms with Crippen LogP contribution in [0, 0.1) is 12.8 Å². The van der Waals surface area contributed by atoms with Crippen LogP contribution in [-0.2, 0) is 11.3 Å². The van der Waals surface area contributed by atoms with Crippen molar-refractivity contribution in [2.45, 2.75) is 59.1 Å². The normalized spacial score (nSPS) is 21.7. The molecule has 1 aromatic carbocycles. The highest BCUT2D eigenvalue weighted by atomic mass is 127. The van der Waals surface area contributed by atoms with Crippen molar-refractivity contribution in [1.29, 1.82) is 0 Å². The van der Waals surface area contributed by atoms with Gasteiger partial charge < -0.3 is 25.0 Å². The van der Waals surface area contributed by atoms with Crippen molar-refractivity contribution in [1.82, 2.24) is 15.5 Å². The number of nitrogens with zero attached hydrogens (tertiary/aromatic N) is 2. The van der Waals surface area contributed by atoms with Crippen LogP contribution >= 0.6 is 24.0 Å². The molecule has 2 atom stereocenters. The summed E-state index contributed by atoms with van der Waals surface area (Å²) >= 11 is 0. The number of nitrogens with one attached hydrogen (secondary N) is 2. The van der Waals surface area contributed by atoms with Gasteiger partial charge in [0.2, 0.25) is 0 Å². The van der Waals surface area contributed by atoms with Crippen molar-refractivity contribution < 1.29 is 9.47 Å². The van der Waals surface area contributed by atoms with Gasteiger partial charge in [0, 0.05) is 31.8 Å². The summed E-state index contributed by atoms with van der Waals surface area (Å²) in [5, 5.41) is 6.94. The zero-order valence-corrected chi connectivity index (χ0v) is 21.8. The van der Waals surface area contributed by atoms with E-state index in [2.05, 4.69) is 54.5 Å². The average Bonchev–Trinajstić information content (AvgIpc) is 3.42. The fourth-order valence-corrected chi connectivity index (χ4v) is 4.23. The Hall–Kier alpha value is -1.06. The van der Waals surface area contributed by atoms with E-state index in [9.17, 15) is 0 Å². The molecule has 0 aromatic heterocycles. The molecule has 6 nitrogen and oxygen atoms in total. The van der Waals surface area contributed by atoms with Gasteiger partial charge in [-0.2, -0.15) is 0 Å². The number of halogens is 1. The van der Waals surface area contributed by atoms with Gasteiger partial charge in [0.1, 0.15) is 12.4 Å². The molecule has 176 valence electrons. The molecule has 2 unspecified atom stereocenters. The fourth-order valence-electron chi connectivity index (χ4n) is 4.23. The first kappa shape index (κ1) is 26.2. The van der Waals surface area contributed by atoms with E-state index >= 15 is 0 Å². The third-order valence-corrected chi connectivity index (χ3v) is 5.89. The van der Waals surface area contributed by atoms with Crippen molar-refractivity contribution >= 4 is 29.9 Å². The van der Waals surface area contributed by atoms with Crippen LogP contribution in [0.1, 0.15) is 50.7 Å². The summed E-state index contributed by atoms with van der Waals surface area (Å²) in [7, 11) is 0. The Morgan fingerprint density at radius 2 is 2.13 bits per heavy atom. The first-order valence-electron chi connectivity index (χ1n) is 11.8. The second-order valence-corrected chi connectivity index (χ2v) is 8.59. The van der Waals surface area contributed by atoms with E-state index in [1.807, 2.05) is 0 Å². The lowest BCUT2D eigenvalue weighted by Gasteiger charge is -2.17. The molecular formula is C24H41IN4O2. The molecule has 2 N–H and O–H groups in total. The van der Waals surface area contributed by atoms with Gasteiger partial charge in [-0.1, -0.05) is 19.1 Å². The van der Waals surface area contributed by atoms with Gasteiger partial charge in [0.15, 0.2) is 5.96 Å². The molecule has 2 heterocycles. The maximum atomic E-state index is 6.13. The minimum Gasteiger partial charge on any atom is -0.491 e. The van der Waals surface area contributed by atoms with E-state index in [-0.39, 0.29) is 30.1 Å². The first-order chi connectivity index (χ1) is 14.7. The number of hydrogen-bond donors (Lipinski definition) is 2. The minimum absolute atomic E-state index is 0. The van der Waals surface area contributed by atoms with Crippen LogP contribution in [0.25, 0.3) is 0 Å². The van der Waals surface area contributed by atoms with Gasteiger partial charge in [-0.3, -0.25) is 0 Å². The standard InChI is InChI=1S/C24H40N4O2.HI/c1-4-11-28-12-10-20(17-28)15-26-24(25-5-2)27-16-21-9-8-19(3)14-23(21)30-18-22-7-6-13-29-22;/h8-9,14,20,22H,4-7,10-13,15-18H2,1-3H3,(H2,25,26,27);1H. The van der Waals surface area contributed by atoms with Crippen LogP contribution in [0.15, 0.2) is 23.2 Å². The Morgan fingerprint density at radius 3 is 2.87 bits per heavy atom. The Morgan fingerprint density at radius 1 is 1.26 bits per heavy atom. The molecule has 1 aromatic rings. The largest absolute Gasteiger partial charge is 0.491 e. The molecule has 0 amide bonds. The highest BCUT2D eigenvalue weighted by Gasteiger charge is 2.21. The average molecular weight is 545 g/mol. The van der Waals surface area contributed by atoms with Gasteiger partial charge in [-0.25, -0.2) is 4.99 Å². The summed E-state index contributed by atoms with van der Waals surface area (Å²) in [6.45, 7) is 14.0. The highest BCUT2D eigenvalue weighted by Crippen LogP contribution is 2.23. The third kappa shape index (κ3) is 8.77. The Labute approximate surface area is 205 Å². The van der Waals surface area contributed by atoms with E-state index in [0.717, 1.165) is 49.8 Å². The van der Waals surface area contributed by atoms with Crippen LogP contribution in [0.5, 0.6) is 5.75 Å². The molecule has 0 aliphatic carbocycles. The van der Waals surface area contributed by atoms with Crippen LogP contribution in [0.3, 0.4) is 0 Å². The topological polar surface area (TPSA) is 58.1 Å². The van der Waals surface area contributed by atoms with Gasteiger partial charge in [0.25, 0.3) is 0 Å². The Balaban J connectivity index is 0.00000341. The summed E-state index contributed by atoms with van der Waals surface area (Å²) in [6, 6.07) is 6.37. The van der Waals surface area contributed by atoms with Crippen LogP contribution in [0.2, 0.25) is 0 Å². The zero-order chi connectivity index (χ0) is 21.2.